The SMILES string of the molecule is CCCCCCCCC[C@@H]1CCC(C)(C)[C@H](OC)[C@H]1c1nccn1C. The van der Waals surface area contributed by atoms with Crippen molar-refractivity contribution in [1.82, 2.24) is 9.55 Å². The van der Waals surface area contributed by atoms with E-state index in [0.29, 0.717) is 11.8 Å². The molecule has 0 radical (unpaired) electrons. The van der Waals surface area contributed by atoms with Gasteiger partial charge in [-0.25, -0.2) is 4.98 Å². The summed E-state index contributed by atoms with van der Waals surface area (Å²) in [5.41, 5.74) is 0.224. The molecular weight excluding hydrogens is 308 g/mol. The Hall–Kier alpha value is -0.830. The molecule has 0 spiro atoms. The number of aryl methyl sites for hydroxylation is 1. The van der Waals surface area contributed by atoms with E-state index in [1.807, 2.05) is 13.3 Å². The number of unbranched alkanes of at least 4 members (excludes halogenated alkanes) is 6. The first-order valence-corrected chi connectivity index (χ1v) is 10.5. The fourth-order valence-corrected chi connectivity index (χ4v) is 4.81. The Morgan fingerprint density at radius 3 is 2.44 bits per heavy atom. The van der Waals surface area contributed by atoms with Crippen LogP contribution in [0.5, 0.6) is 0 Å². The normalized spacial score (nSPS) is 26.0. The molecule has 3 nitrogen and oxygen atoms in total. The third kappa shape index (κ3) is 5.32. The molecule has 1 saturated carbocycles. The molecule has 1 aromatic rings. The fraction of sp³-hybridized carbons (Fsp3) is 0.864. The molecule has 0 amide bonds. The Bertz CT molecular complexity index is 494. The van der Waals surface area contributed by atoms with Crippen LogP contribution in [0.2, 0.25) is 0 Å². The van der Waals surface area contributed by atoms with Gasteiger partial charge >= 0.3 is 0 Å². The summed E-state index contributed by atoms with van der Waals surface area (Å²) in [5.74, 6) is 2.34. The van der Waals surface area contributed by atoms with Gasteiger partial charge < -0.3 is 9.30 Å². The lowest BCUT2D eigenvalue weighted by atomic mass is 9.63. The van der Waals surface area contributed by atoms with E-state index in [2.05, 4.69) is 38.6 Å². The second-order valence-corrected chi connectivity index (χ2v) is 8.78. The predicted octanol–water partition coefficient (Wildman–Crippen LogP) is 6.10. The zero-order valence-electron chi connectivity index (χ0n) is 17.3. The number of aromatic nitrogens is 2. The van der Waals surface area contributed by atoms with Crippen LogP contribution >= 0.6 is 0 Å². The van der Waals surface area contributed by atoms with Crippen molar-refractivity contribution >= 4 is 0 Å². The van der Waals surface area contributed by atoms with Gasteiger partial charge in [0, 0.05) is 32.5 Å². The Morgan fingerprint density at radius 1 is 1.16 bits per heavy atom. The van der Waals surface area contributed by atoms with Crippen LogP contribution in [-0.4, -0.2) is 22.8 Å². The van der Waals surface area contributed by atoms with Gasteiger partial charge in [0.25, 0.3) is 0 Å². The maximum Gasteiger partial charge on any atom is 0.114 e. The maximum atomic E-state index is 6.05. The van der Waals surface area contributed by atoms with Crippen LogP contribution in [0.25, 0.3) is 0 Å². The largest absolute Gasteiger partial charge is 0.380 e. The standard InChI is InChI=1S/C22H40N2O/c1-6-7-8-9-10-11-12-13-18-14-15-22(2,3)20(25-5)19(18)21-23-16-17-24(21)4/h16-20H,6-15H2,1-5H3/t18-,19+,20-/m1/s1. The first-order valence-electron chi connectivity index (χ1n) is 10.5. The summed E-state index contributed by atoms with van der Waals surface area (Å²) in [5, 5.41) is 0. The van der Waals surface area contributed by atoms with Crippen molar-refractivity contribution in [1.29, 1.82) is 0 Å². The number of imidazole rings is 1. The molecule has 1 aliphatic carbocycles. The van der Waals surface area contributed by atoms with Gasteiger partial charge in [-0.15, -0.1) is 0 Å². The van der Waals surface area contributed by atoms with Crippen LogP contribution in [0.15, 0.2) is 12.4 Å². The number of hydrogen-bond donors (Lipinski definition) is 0. The molecule has 0 unspecified atom stereocenters. The lowest BCUT2D eigenvalue weighted by Gasteiger charge is -2.47. The molecular formula is C22H40N2O. The van der Waals surface area contributed by atoms with Crippen LogP contribution in [-0.2, 0) is 11.8 Å². The first-order chi connectivity index (χ1) is 12.0. The second kappa shape index (κ2) is 9.75. The molecule has 25 heavy (non-hydrogen) atoms. The van der Waals surface area contributed by atoms with Gasteiger partial charge in [-0.3, -0.25) is 0 Å². The zero-order valence-corrected chi connectivity index (χ0v) is 17.3. The second-order valence-electron chi connectivity index (χ2n) is 8.78. The van der Waals surface area contributed by atoms with E-state index in [1.54, 1.807) is 0 Å². The predicted molar refractivity (Wildman–Crippen MR) is 106 cm³/mol. The minimum Gasteiger partial charge on any atom is -0.380 e. The zero-order chi connectivity index (χ0) is 18.3. The van der Waals surface area contributed by atoms with Gasteiger partial charge in [-0.1, -0.05) is 65.7 Å². The Balaban J connectivity index is 1.97. The molecule has 0 saturated heterocycles. The molecule has 3 atom stereocenters. The summed E-state index contributed by atoms with van der Waals surface area (Å²) in [6.45, 7) is 7.01. The maximum absolute atomic E-state index is 6.05. The van der Waals surface area contributed by atoms with E-state index < -0.39 is 0 Å². The van der Waals surface area contributed by atoms with Gasteiger partial charge in [0.15, 0.2) is 0 Å². The van der Waals surface area contributed by atoms with Crippen molar-refractivity contribution in [3.8, 4) is 0 Å². The fourth-order valence-electron chi connectivity index (χ4n) is 4.81. The van der Waals surface area contributed by atoms with Gasteiger partial charge in [0.2, 0.25) is 0 Å². The molecule has 3 heteroatoms. The Kier molecular flexibility index (Phi) is 7.99. The third-order valence-corrected chi connectivity index (χ3v) is 6.35. The highest BCUT2D eigenvalue weighted by Crippen LogP contribution is 2.49. The van der Waals surface area contributed by atoms with Crippen molar-refractivity contribution in [2.45, 2.75) is 97.0 Å². The molecule has 0 N–H and O–H groups in total. The number of hydrogen-bond acceptors (Lipinski definition) is 2. The minimum atomic E-state index is 0.224. The monoisotopic (exact) mass is 348 g/mol. The molecule has 1 heterocycles. The molecule has 1 aliphatic rings. The van der Waals surface area contributed by atoms with Crippen LogP contribution in [0, 0.1) is 11.3 Å². The van der Waals surface area contributed by atoms with Crippen LogP contribution in [0.4, 0.5) is 0 Å². The number of methoxy groups -OCH3 is 1. The van der Waals surface area contributed by atoms with Crippen molar-refractivity contribution in [3.05, 3.63) is 18.2 Å². The lowest BCUT2D eigenvalue weighted by Crippen LogP contribution is -2.45. The first kappa shape index (κ1) is 20.5. The lowest BCUT2D eigenvalue weighted by molar-refractivity contribution is -0.0624. The number of nitrogens with zero attached hydrogens (tertiary/aromatic N) is 2. The summed E-state index contributed by atoms with van der Waals surface area (Å²) in [6.07, 6.45) is 17.9. The highest BCUT2D eigenvalue weighted by molar-refractivity contribution is 5.10. The molecule has 144 valence electrons. The molecule has 0 aromatic carbocycles. The van der Waals surface area contributed by atoms with Crippen molar-refractivity contribution in [2.24, 2.45) is 18.4 Å². The highest BCUT2D eigenvalue weighted by atomic mass is 16.5. The topological polar surface area (TPSA) is 27.1 Å². The summed E-state index contributed by atoms with van der Waals surface area (Å²) in [7, 11) is 4.01. The van der Waals surface area contributed by atoms with E-state index in [-0.39, 0.29) is 11.5 Å². The summed E-state index contributed by atoms with van der Waals surface area (Å²) >= 11 is 0. The summed E-state index contributed by atoms with van der Waals surface area (Å²) < 4.78 is 8.25. The van der Waals surface area contributed by atoms with E-state index in [9.17, 15) is 0 Å². The average Bonchev–Trinajstić information content (AvgIpc) is 3.00. The molecule has 0 bridgehead atoms. The van der Waals surface area contributed by atoms with Gasteiger partial charge in [0.1, 0.15) is 5.82 Å². The van der Waals surface area contributed by atoms with Crippen molar-refractivity contribution in [3.63, 3.8) is 0 Å². The number of rotatable bonds is 10. The molecule has 2 rings (SSSR count). The van der Waals surface area contributed by atoms with Crippen LogP contribution in [0.1, 0.15) is 96.7 Å². The smallest absolute Gasteiger partial charge is 0.114 e. The van der Waals surface area contributed by atoms with E-state index >= 15 is 0 Å². The number of ether oxygens (including phenoxy) is 1. The van der Waals surface area contributed by atoms with Gasteiger partial charge in [-0.2, -0.15) is 0 Å². The van der Waals surface area contributed by atoms with E-state index in [1.165, 1.54) is 70.0 Å². The van der Waals surface area contributed by atoms with Gasteiger partial charge in [-0.05, 0) is 30.6 Å². The van der Waals surface area contributed by atoms with Gasteiger partial charge in [0.05, 0.1) is 6.10 Å². The third-order valence-electron chi connectivity index (χ3n) is 6.35. The van der Waals surface area contributed by atoms with Crippen LogP contribution < -0.4 is 0 Å². The molecule has 1 fully saturated rings. The molecule has 1 aromatic heterocycles. The highest BCUT2D eigenvalue weighted by Gasteiger charge is 2.46. The average molecular weight is 349 g/mol. The Morgan fingerprint density at radius 2 is 1.84 bits per heavy atom. The van der Waals surface area contributed by atoms with Crippen molar-refractivity contribution < 1.29 is 4.74 Å². The van der Waals surface area contributed by atoms with Crippen LogP contribution in [0.3, 0.4) is 0 Å². The Labute approximate surface area is 155 Å². The van der Waals surface area contributed by atoms with E-state index in [4.69, 9.17) is 9.72 Å². The summed E-state index contributed by atoms with van der Waals surface area (Å²) in [6, 6.07) is 0. The quantitative estimate of drug-likeness (QED) is 0.478. The summed E-state index contributed by atoms with van der Waals surface area (Å²) in [4.78, 5) is 4.71. The minimum absolute atomic E-state index is 0.224. The molecule has 0 aliphatic heterocycles. The van der Waals surface area contributed by atoms with E-state index in [0.717, 1.165) is 0 Å². The van der Waals surface area contributed by atoms with Crippen molar-refractivity contribution in [2.75, 3.05) is 7.11 Å².